The van der Waals surface area contributed by atoms with Crippen molar-refractivity contribution in [1.82, 2.24) is 14.7 Å². The summed E-state index contributed by atoms with van der Waals surface area (Å²) in [5.74, 6) is -1.35. The summed E-state index contributed by atoms with van der Waals surface area (Å²) < 4.78 is 1.66. The van der Waals surface area contributed by atoms with Crippen molar-refractivity contribution in [1.29, 1.82) is 0 Å². The molecule has 8 nitrogen and oxygen atoms in total. The number of nitrogens with one attached hydrogen (secondary N) is 1. The second-order valence-corrected chi connectivity index (χ2v) is 7.12. The van der Waals surface area contributed by atoms with Crippen LogP contribution in [0, 0.1) is 5.92 Å². The normalized spacial score (nSPS) is 19.5. The Hall–Kier alpha value is -3.16. The van der Waals surface area contributed by atoms with E-state index in [2.05, 4.69) is 10.4 Å². The van der Waals surface area contributed by atoms with Gasteiger partial charge in [-0.05, 0) is 30.5 Å². The lowest BCUT2D eigenvalue weighted by molar-refractivity contribution is -0.140. The predicted molar refractivity (Wildman–Crippen MR) is 102 cm³/mol. The van der Waals surface area contributed by atoms with Gasteiger partial charge in [-0.15, -0.1) is 0 Å². The Balaban J connectivity index is 1.72. The number of carbonyl (C=O) groups excluding carboxylic acids is 2. The molecule has 0 radical (unpaired) electrons. The maximum absolute atomic E-state index is 13.0. The Morgan fingerprint density at radius 1 is 1.25 bits per heavy atom. The number of benzene rings is 1. The minimum atomic E-state index is -0.838. The lowest BCUT2D eigenvalue weighted by Gasteiger charge is -2.37. The van der Waals surface area contributed by atoms with Crippen LogP contribution in [0.25, 0.3) is 0 Å². The van der Waals surface area contributed by atoms with Gasteiger partial charge in [0.05, 0.1) is 18.2 Å². The minimum Gasteiger partial charge on any atom is -0.481 e. The molecule has 0 saturated carbocycles. The first kappa shape index (κ1) is 19.6. The molecular weight excluding hydrogens is 360 g/mol. The van der Waals surface area contributed by atoms with Gasteiger partial charge in [0, 0.05) is 44.4 Å². The molecular formula is C20H24N4O4. The van der Waals surface area contributed by atoms with Gasteiger partial charge in [0.15, 0.2) is 0 Å². The molecule has 0 bridgehead atoms. The number of amides is 2. The molecule has 2 N–H and O–H groups in total. The third kappa shape index (κ3) is 4.39. The second-order valence-electron chi connectivity index (χ2n) is 7.12. The number of carbonyl (C=O) groups is 3. The summed E-state index contributed by atoms with van der Waals surface area (Å²) in [6.45, 7) is 0. The number of aryl methyl sites for hydroxylation is 2. The molecule has 2 aromatic rings. The fraction of sp³-hybridized carbons (Fsp3) is 0.400. The zero-order valence-corrected chi connectivity index (χ0v) is 16.0. The first-order chi connectivity index (χ1) is 13.3. The monoisotopic (exact) mass is 384 g/mol. The summed E-state index contributed by atoms with van der Waals surface area (Å²) in [4.78, 5) is 37.4. The van der Waals surface area contributed by atoms with Crippen LogP contribution in [0.2, 0.25) is 0 Å². The number of hydrogen-bond donors (Lipinski definition) is 2. The molecule has 0 spiro atoms. The Bertz CT molecular complexity index is 875. The highest BCUT2D eigenvalue weighted by Gasteiger charge is 2.39. The van der Waals surface area contributed by atoms with E-state index in [4.69, 9.17) is 5.11 Å². The van der Waals surface area contributed by atoms with Crippen LogP contribution in [-0.2, 0) is 27.9 Å². The lowest BCUT2D eigenvalue weighted by Crippen LogP contribution is -2.44. The Labute approximate surface area is 163 Å². The Morgan fingerprint density at radius 3 is 2.57 bits per heavy atom. The number of aromatic nitrogens is 2. The van der Waals surface area contributed by atoms with Gasteiger partial charge in [-0.2, -0.15) is 5.10 Å². The number of likely N-dealkylation sites (tertiary alicyclic amines) is 1. The molecule has 1 saturated heterocycles. The standard InChI is InChI=1S/C20H24N4O4/c1-23-12-14(11-21-23)19-16(8-9-17(25)24(19)2)20(28)22-15-6-3-13(4-7-15)5-10-18(26)27/h3-4,6-7,11-12,16,19H,5,8-10H2,1-2H3,(H,22,28)(H,26,27). The topological polar surface area (TPSA) is 105 Å². The van der Waals surface area contributed by atoms with E-state index in [1.54, 1.807) is 42.0 Å². The van der Waals surface area contributed by atoms with Crippen LogP contribution >= 0.6 is 0 Å². The number of carboxylic acids is 1. The van der Waals surface area contributed by atoms with Gasteiger partial charge in [0.2, 0.25) is 11.8 Å². The maximum atomic E-state index is 13.0. The Kier molecular flexibility index (Phi) is 5.77. The number of rotatable bonds is 6. The smallest absolute Gasteiger partial charge is 0.303 e. The van der Waals surface area contributed by atoms with Crippen molar-refractivity contribution in [2.75, 3.05) is 12.4 Å². The van der Waals surface area contributed by atoms with Gasteiger partial charge in [0.25, 0.3) is 0 Å². The van der Waals surface area contributed by atoms with Crippen molar-refractivity contribution < 1.29 is 19.5 Å². The van der Waals surface area contributed by atoms with Crippen LogP contribution in [0.3, 0.4) is 0 Å². The van der Waals surface area contributed by atoms with Gasteiger partial charge in [-0.3, -0.25) is 19.1 Å². The van der Waals surface area contributed by atoms with E-state index in [1.807, 2.05) is 18.3 Å². The molecule has 2 atom stereocenters. The molecule has 8 heteroatoms. The third-order valence-electron chi connectivity index (χ3n) is 5.11. The molecule has 0 aliphatic carbocycles. The number of piperidine rings is 1. The first-order valence-electron chi connectivity index (χ1n) is 9.21. The van der Waals surface area contributed by atoms with E-state index < -0.39 is 5.97 Å². The zero-order chi connectivity index (χ0) is 20.3. The summed E-state index contributed by atoms with van der Waals surface area (Å²) >= 11 is 0. The average Bonchev–Trinajstić information content (AvgIpc) is 3.09. The fourth-order valence-corrected chi connectivity index (χ4v) is 3.60. The molecule has 2 heterocycles. The van der Waals surface area contributed by atoms with Crippen molar-refractivity contribution in [3.63, 3.8) is 0 Å². The molecule has 2 unspecified atom stereocenters. The Morgan fingerprint density at radius 2 is 1.96 bits per heavy atom. The highest BCUT2D eigenvalue weighted by Crippen LogP contribution is 2.36. The SMILES string of the molecule is CN1C(=O)CCC(C(=O)Nc2ccc(CCC(=O)O)cc2)C1c1cnn(C)c1. The molecule has 148 valence electrons. The summed E-state index contributed by atoms with van der Waals surface area (Å²) in [5.41, 5.74) is 2.38. The highest BCUT2D eigenvalue weighted by molar-refractivity contribution is 5.94. The van der Waals surface area contributed by atoms with Crippen LogP contribution in [0.15, 0.2) is 36.7 Å². The number of hydrogen-bond acceptors (Lipinski definition) is 4. The number of carboxylic acid groups (broad SMARTS) is 1. The quantitative estimate of drug-likeness (QED) is 0.792. The van der Waals surface area contributed by atoms with Crippen molar-refractivity contribution in [2.24, 2.45) is 13.0 Å². The summed E-state index contributed by atoms with van der Waals surface area (Å²) in [6.07, 6.45) is 4.85. The number of nitrogens with zero attached hydrogens (tertiary/aromatic N) is 3. The van der Waals surface area contributed by atoms with Gasteiger partial charge in [-0.25, -0.2) is 0 Å². The van der Waals surface area contributed by atoms with Crippen molar-refractivity contribution in [2.45, 2.75) is 31.7 Å². The van der Waals surface area contributed by atoms with E-state index >= 15 is 0 Å². The van der Waals surface area contributed by atoms with Crippen LogP contribution in [0.1, 0.15) is 36.4 Å². The molecule has 2 amide bonds. The van der Waals surface area contributed by atoms with E-state index in [0.29, 0.717) is 24.9 Å². The zero-order valence-electron chi connectivity index (χ0n) is 16.0. The third-order valence-corrected chi connectivity index (χ3v) is 5.11. The molecule has 1 aromatic heterocycles. The van der Waals surface area contributed by atoms with E-state index in [9.17, 15) is 14.4 Å². The van der Waals surface area contributed by atoms with Gasteiger partial charge >= 0.3 is 5.97 Å². The van der Waals surface area contributed by atoms with Gasteiger partial charge < -0.3 is 15.3 Å². The van der Waals surface area contributed by atoms with Crippen molar-refractivity contribution in [3.8, 4) is 0 Å². The largest absolute Gasteiger partial charge is 0.481 e. The summed E-state index contributed by atoms with van der Waals surface area (Å²) in [7, 11) is 3.52. The molecule has 1 aromatic carbocycles. The lowest BCUT2D eigenvalue weighted by atomic mass is 9.85. The molecule has 1 fully saturated rings. The van der Waals surface area contributed by atoms with Crippen LogP contribution in [0.4, 0.5) is 5.69 Å². The second kappa shape index (κ2) is 8.24. The summed E-state index contributed by atoms with van der Waals surface area (Å²) in [5, 5.41) is 15.9. The first-order valence-corrected chi connectivity index (χ1v) is 9.21. The van der Waals surface area contributed by atoms with Gasteiger partial charge in [0.1, 0.15) is 0 Å². The van der Waals surface area contributed by atoms with E-state index in [0.717, 1.165) is 11.1 Å². The van der Waals surface area contributed by atoms with Crippen LogP contribution in [-0.4, -0.2) is 44.6 Å². The highest BCUT2D eigenvalue weighted by atomic mass is 16.4. The maximum Gasteiger partial charge on any atom is 0.303 e. The van der Waals surface area contributed by atoms with Crippen molar-refractivity contribution in [3.05, 3.63) is 47.8 Å². The molecule has 28 heavy (non-hydrogen) atoms. The summed E-state index contributed by atoms with van der Waals surface area (Å²) in [6, 6.07) is 6.81. The predicted octanol–water partition coefficient (Wildman–Crippen LogP) is 1.99. The fourth-order valence-electron chi connectivity index (χ4n) is 3.60. The minimum absolute atomic E-state index is 0.0145. The van der Waals surface area contributed by atoms with Crippen LogP contribution in [0.5, 0.6) is 0 Å². The van der Waals surface area contributed by atoms with E-state index in [-0.39, 0.29) is 30.2 Å². The molecule has 1 aliphatic heterocycles. The number of anilines is 1. The molecule has 3 rings (SSSR count). The van der Waals surface area contributed by atoms with Gasteiger partial charge in [-0.1, -0.05) is 12.1 Å². The van der Waals surface area contributed by atoms with E-state index in [1.165, 1.54) is 0 Å². The van der Waals surface area contributed by atoms with Crippen molar-refractivity contribution >= 4 is 23.5 Å². The average molecular weight is 384 g/mol. The van der Waals surface area contributed by atoms with Crippen LogP contribution < -0.4 is 5.32 Å². The number of aliphatic carboxylic acids is 1. The molecule has 1 aliphatic rings.